The highest BCUT2D eigenvalue weighted by Gasteiger charge is 2.12. The van der Waals surface area contributed by atoms with Gasteiger partial charge in [-0.3, -0.25) is 19.6 Å². The van der Waals surface area contributed by atoms with Crippen molar-refractivity contribution in [1.82, 2.24) is 25.6 Å². The molecule has 0 aliphatic heterocycles. The van der Waals surface area contributed by atoms with Gasteiger partial charge in [0.2, 0.25) is 0 Å². The molecule has 0 aliphatic rings. The van der Waals surface area contributed by atoms with Gasteiger partial charge in [-0.05, 0) is 35.9 Å². The minimum Gasteiger partial charge on any atom is -0.347 e. The van der Waals surface area contributed by atoms with Gasteiger partial charge in [-0.1, -0.05) is 18.2 Å². The van der Waals surface area contributed by atoms with Gasteiger partial charge in [0.15, 0.2) is 0 Å². The first-order chi connectivity index (χ1) is 12.7. The summed E-state index contributed by atoms with van der Waals surface area (Å²) >= 11 is 0. The lowest BCUT2D eigenvalue weighted by molar-refractivity contribution is 0.0941. The van der Waals surface area contributed by atoms with Crippen molar-refractivity contribution in [3.05, 3.63) is 89.8 Å². The first-order valence-corrected chi connectivity index (χ1v) is 8.04. The molecule has 26 heavy (non-hydrogen) atoms. The summed E-state index contributed by atoms with van der Waals surface area (Å²) in [6.07, 6.45) is 5.00. The summed E-state index contributed by atoms with van der Waals surface area (Å²) in [7, 11) is 0. The van der Waals surface area contributed by atoms with Gasteiger partial charge < -0.3 is 10.6 Å². The summed E-state index contributed by atoms with van der Waals surface area (Å²) in [4.78, 5) is 36.7. The lowest BCUT2D eigenvalue weighted by Crippen LogP contribution is -2.27. The SMILES string of the molecule is O=C(NCc1cccnc1)c1cccc(C(=O)NCc2ccccn2)n1. The Bertz CT molecular complexity index is 814. The molecule has 3 aromatic rings. The molecule has 3 aromatic heterocycles. The maximum Gasteiger partial charge on any atom is 0.270 e. The van der Waals surface area contributed by atoms with Crippen LogP contribution in [0.25, 0.3) is 0 Å². The quantitative estimate of drug-likeness (QED) is 0.708. The minimum absolute atomic E-state index is 0.176. The van der Waals surface area contributed by atoms with Gasteiger partial charge in [0.05, 0.1) is 12.2 Å². The fourth-order valence-corrected chi connectivity index (χ4v) is 2.23. The van der Waals surface area contributed by atoms with E-state index in [1.54, 1.807) is 48.9 Å². The van der Waals surface area contributed by atoms with Crippen LogP contribution in [0.3, 0.4) is 0 Å². The first-order valence-electron chi connectivity index (χ1n) is 8.04. The van der Waals surface area contributed by atoms with E-state index in [2.05, 4.69) is 25.6 Å². The van der Waals surface area contributed by atoms with E-state index in [4.69, 9.17) is 0 Å². The van der Waals surface area contributed by atoms with Crippen molar-refractivity contribution in [3.63, 3.8) is 0 Å². The van der Waals surface area contributed by atoms with Crippen LogP contribution < -0.4 is 10.6 Å². The third-order valence-electron chi connectivity index (χ3n) is 3.55. The van der Waals surface area contributed by atoms with Crippen LogP contribution in [0.2, 0.25) is 0 Å². The van der Waals surface area contributed by atoms with E-state index in [1.807, 2.05) is 18.2 Å². The number of pyridine rings is 3. The van der Waals surface area contributed by atoms with Gasteiger partial charge in [0.1, 0.15) is 11.4 Å². The molecule has 0 atom stereocenters. The molecule has 2 N–H and O–H groups in total. The number of carbonyl (C=O) groups excluding carboxylic acids is 2. The van der Waals surface area contributed by atoms with E-state index in [9.17, 15) is 9.59 Å². The Morgan fingerprint density at radius 3 is 2.23 bits per heavy atom. The number of rotatable bonds is 6. The second-order valence-electron chi connectivity index (χ2n) is 5.46. The molecule has 0 aromatic carbocycles. The van der Waals surface area contributed by atoms with E-state index < -0.39 is 0 Å². The van der Waals surface area contributed by atoms with E-state index in [0.717, 1.165) is 11.3 Å². The molecule has 0 saturated heterocycles. The zero-order chi connectivity index (χ0) is 18.2. The summed E-state index contributed by atoms with van der Waals surface area (Å²) in [5, 5.41) is 5.49. The van der Waals surface area contributed by atoms with Crippen molar-refractivity contribution in [2.75, 3.05) is 0 Å². The summed E-state index contributed by atoms with van der Waals surface area (Å²) in [5.41, 5.74) is 1.98. The third-order valence-corrected chi connectivity index (χ3v) is 3.55. The highest BCUT2D eigenvalue weighted by atomic mass is 16.2. The monoisotopic (exact) mass is 347 g/mol. The predicted octanol–water partition coefficient (Wildman–Crippen LogP) is 1.73. The zero-order valence-electron chi connectivity index (χ0n) is 13.9. The molecular formula is C19H17N5O2. The molecule has 130 valence electrons. The van der Waals surface area contributed by atoms with E-state index in [-0.39, 0.29) is 23.2 Å². The number of carbonyl (C=O) groups is 2. The number of hydrogen-bond acceptors (Lipinski definition) is 5. The van der Waals surface area contributed by atoms with Crippen LogP contribution in [0.5, 0.6) is 0 Å². The van der Waals surface area contributed by atoms with E-state index in [0.29, 0.717) is 13.1 Å². The lowest BCUT2D eigenvalue weighted by atomic mass is 10.2. The number of amides is 2. The molecule has 0 unspecified atom stereocenters. The van der Waals surface area contributed by atoms with Crippen LogP contribution in [0.15, 0.2) is 67.1 Å². The smallest absolute Gasteiger partial charge is 0.270 e. The Kier molecular flexibility index (Phi) is 5.61. The van der Waals surface area contributed by atoms with Gasteiger partial charge in [-0.25, -0.2) is 4.98 Å². The van der Waals surface area contributed by atoms with E-state index >= 15 is 0 Å². The molecule has 2 amide bonds. The van der Waals surface area contributed by atoms with Crippen LogP contribution in [0, 0.1) is 0 Å². The summed E-state index contributed by atoms with van der Waals surface area (Å²) < 4.78 is 0. The number of nitrogens with one attached hydrogen (secondary N) is 2. The Balaban J connectivity index is 1.60. The molecule has 0 aliphatic carbocycles. The fraction of sp³-hybridized carbons (Fsp3) is 0.105. The van der Waals surface area contributed by atoms with Crippen molar-refractivity contribution in [2.24, 2.45) is 0 Å². The summed E-state index contributed by atoms with van der Waals surface area (Å²) in [5.74, 6) is -0.717. The van der Waals surface area contributed by atoms with Gasteiger partial charge in [-0.2, -0.15) is 0 Å². The Morgan fingerprint density at radius 1 is 0.808 bits per heavy atom. The van der Waals surface area contributed by atoms with Gasteiger partial charge >= 0.3 is 0 Å². The zero-order valence-corrected chi connectivity index (χ0v) is 13.9. The minimum atomic E-state index is -0.363. The highest BCUT2D eigenvalue weighted by molar-refractivity contribution is 5.96. The summed E-state index contributed by atoms with van der Waals surface area (Å²) in [6.45, 7) is 0.628. The van der Waals surface area contributed by atoms with Crippen molar-refractivity contribution < 1.29 is 9.59 Å². The molecule has 0 radical (unpaired) electrons. The molecule has 0 fully saturated rings. The standard InChI is InChI=1S/C19H17N5O2/c25-18(22-12-14-5-4-9-20-11-14)16-7-3-8-17(24-16)19(26)23-13-15-6-1-2-10-21-15/h1-11H,12-13H2,(H,22,25)(H,23,26). The third kappa shape index (κ3) is 4.70. The molecule has 0 saturated carbocycles. The largest absolute Gasteiger partial charge is 0.347 e. The van der Waals surface area contributed by atoms with Crippen LogP contribution in [0.1, 0.15) is 32.2 Å². The lowest BCUT2D eigenvalue weighted by Gasteiger charge is -2.07. The highest BCUT2D eigenvalue weighted by Crippen LogP contribution is 2.02. The van der Waals surface area contributed by atoms with Crippen molar-refractivity contribution in [2.45, 2.75) is 13.1 Å². The molecule has 0 spiro atoms. The topological polar surface area (TPSA) is 96.9 Å². The number of nitrogens with zero attached hydrogens (tertiary/aromatic N) is 3. The number of aromatic nitrogens is 3. The van der Waals surface area contributed by atoms with Crippen molar-refractivity contribution >= 4 is 11.8 Å². The van der Waals surface area contributed by atoms with Crippen molar-refractivity contribution in [3.8, 4) is 0 Å². The Morgan fingerprint density at radius 2 is 1.58 bits per heavy atom. The van der Waals surface area contributed by atoms with Crippen LogP contribution in [-0.4, -0.2) is 26.8 Å². The maximum atomic E-state index is 12.2. The van der Waals surface area contributed by atoms with Crippen LogP contribution in [-0.2, 0) is 13.1 Å². The predicted molar refractivity (Wildman–Crippen MR) is 95.1 cm³/mol. The number of hydrogen-bond donors (Lipinski definition) is 2. The molecular weight excluding hydrogens is 330 g/mol. The molecule has 3 rings (SSSR count). The average Bonchev–Trinajstić information content (AvgIpc) is 2.72. The normalized spacial score (nSPS) is 10.2. The first kappa shape index (κ1) is 17.2. The second kappa shape index (κ2) is 8.48. The molecule has 7 heteroatoms. The van der Waals surface area contributed by atoms with Crippen molar-refractivity contribution in [1.29, 1.82) is 0 Å². The summed E-state index contributed by atoms with van der Waals surface area (Å²) in [6, 6.07) is 13.9. The molecule has 0 bridgehead atoms. The second-order valence-corrected chi connectivity index (χ2v) is 5.46. The fourth-order valence-electron chi connectivity index (χ4n) is 2.23. The Hall–Kier alpha value is -3.61. The van der Waals surface area contributed by atoms with Gasteiger partial charge in [0.25, 0.3) is 11.8 Å². The average molecular weight is 347 g/mol. The molecule has 7 nitrogen and oxygen atoms in total. The van der Waals surface area contributed by atoms with Gasteiger partial charge in [-0.15, -0.1) is 0 Å². The molecule has 3 heterocycles. The maximum absolute atomic E-state index is 12.2. The Labute approximate surface area is 150 Å². The van der Waals surface area contributed by atoms with E-state index in [1.165, 1.54) is 0 Å². The van der Waals surface area contributed by atoms with Gasteiger partial charge in [0, 0.05) is 25.1 Å². The van der Waals surface area contributed by atoms with Crippen LogP contribution in [0.4, 0.5) is 0 Å². The van der Waals surface area contributed by atoms with Crippen LogP contribution >= 0.6 is 0 Å².